The number of hydrogen-bond donors (Lipinski definition) is 2. The van der Waals surface area contributed by atoms with Crippen LogP contribution in [0.25, 0.3) is 0 Å². The van der Waals surface area contributed by atoms with E-state index in [9.17, 15) is 4.79 Å². The van der Waals surface area contributed by atoms with Gasteiger partial charge in [0.15, 0.2) is 0 Å². The highest BCUT2D eigenvalue weighted by molar-refractivity contribution is 5.69. The summed E-state index contributed by atoms with van der Waals surface area (Å²) in [5, 5.41) is 11.3. The Bertz CT molecular complexity index is 208. The van der Waals surface area contributed by atoms with Gasteiger partial charge in [-0.25, -0.2) is 4.79 Å². The first-order valence-corrected chi connectivity index (χ1v) is 2.83. The van der Waals surface area contributed by atoms with Gasteiger partial charge in [0.2, 0.25) is 0 Å². The zero-order valence-electron chi connectivity index (χ0n) is 5.53. The van der Waals surface area contributed by atoms with E-state index in [2.05, 4.69) is 5.32 Å². The molecule has 4 heteroatoms. The summed E-state index contributed by atoms with van der Waals surface area (Å²) in [4.78, 5) is 11.5. The molecule has 0 aliphatic carbocycles. The van der Waals surface area contributed by atoms with Gasteiger partial charge in [-0.15, -0.1) is 0 Å². The van der Waals surface area contributed by atoms with Crippen molar-refractivity contribution in [2.75, 3.05) is 0 Å². The van der Waals surface area contributed by atoms with Crippen LogP contribution in [0.4, 0.5) is 4.79 Å². The molecule has 1 heterocycles. The molecule has 0 spiro atoms. The Kier molecular flexibility index (Phi) is 1.62. The molecule has 0 saturated carbocycles. The molecule has 0 aromatic carbocycles. The summed E-state index contributed by atoms with van der Waals surface area (Å²) < 4.78 is 0. The van der Waals surface area contributed by atoms with Crippen LogP contribution in [0.2, 0.25) is 0 Å². The van der Waals surface area contributed by atoms with Gasteiger partial charge in [-0.05, 0) is 6.92 Å². The molecule has 10 heavy (non-hydrogen) atoms. The smallest absolute Gasteiger partial charge is 0.415 e. The second kappa shape index (κ2) is 2.43. The number of nitrogens with one attached hydrogen (secondary N) is 1. The minimum Gasteiger partial charge on any atom is -0.464 e. The van der Waals surface area contributed by atoms with Gasteiger partial charge in [0.25, 0.3) is 0 Å². The van der Waals surface area contributed by atoms with Crippen LogP contribution in [-0.2, 0) is 0 Å². The predicted octanol–water partition coefficient (Wildman–Crippen LogP) is 0.902. The van der Waals surface area contributed by atoms with Crippen molar-refractivity contribution in [3.05, 3.63) is 24.3 Å². The summed E-state index contributed by atoms with van der Waals surface area (Å²) in [6, 6.07) is 0. The molecule has 0 atom stereocenters. The standard InChI is InChI=1S/C6H8N2O2/c1-5-4-7-2-3-8(5)6(9)10/h2-4,7H,1H3,(H,9,10). The van der Waals surface area contributed by atoms with Crippen molar-refractivity contribution in [3.63, 3.8) is 0 Å². The van der Waals surface area contributed by atoms with Crippen molar-refractivity contribution in [2.24, 2.45) is 0 Å². The van der Waals surface area contributed by atoms with E-state index in [-0.39, 0.29) is 0 Å². The third kappa shape index (κ3) is 1.10. The molecule has 0 radical (unpaired) electrons. The molecule has 1 aliphatic rings. The predicted molar refractivity (Wildman–Crippen MR) is 35.9 cm³/mol. The maximum absolute atomic E-state index is 10.4. The quantitative estimate of drug-likeness (QED) is 0.525. The highest BCUT2D eigenvalue weighted by Crippen LogP contribution is 2.05. The summed E-state index contributed by atoms with van der Waals surface area (Å²) in [7, 11) is 0. The monoisotopic (exact) mass is 140 g/mol. The normalized spacial score (nSPS) is 16.1. The fraction of sp³-hybridized carbons (Fsp3) is 0.167. The van der Waals surface area contributed by atoms with Gasteiger partial charge in [-0.1, -0.05) is 0 Å². The van der Waals surface area contributed by atoms with Crippen molar-refractivity contribution in [1.82, 2.24) is 10.2 Å². The molecular weight excluding hydrogens is 132 g/mol. The average molecular weight is 140 g/mol. The summed E-state index contributed by atoms with van der Waals surface area (Å²) in [6.45, 7) is 1.71. The Balaban J connectivity index is 2.75. The maximum Gasteiger partial charge on any atom is 0.415 e. The van der Waals surface area contributed by atoms with Gasteiger partial charge >= 0.3 is 6.09 Å². The van der Waals surface area contributed by atoms with Crippen molar-refractivity contribution < 1.29 is 9.90 Å². The second-order valence-corrected chi connectivity index (χ2v) is 1.92. The first-order chi connectivity index (χ1) is 4.72. The van der Waals surface area contributed by atoms with Crippen LogP contribution < -0.4 is 5.32 Å². The molecule has 1 aliphatic heterocycles. The lowest BCUT2D eigenvalue weighted by Gasteiger charge is -2.17. The molecule has 1 amide bonds. The third-order valence-electron chi connectivity index (χ3n) is 1.20. The van der Waals surface area contributed by atoms with Crippen LogP contribution in [0, 0.1) is 0 Å². The molecule has 0 fully saturated rings. The van der Waals surface area contributed by atoms with Crippen molar-refractivity contribution in [3.8, 4) is 0 Å². The lowest BCUT2D eigenvalue weighted by molar-refractivity contribution is 0.171. The number of rotatable bonds is 0. The zero-order chi connectivity index (χ0) is 7.56. The molecule has 54 valence electrons. The highest BCUT2D eigenvalue weighted by atomic mass is 16.4. The lowest BCUT2D eigenvalue weighted by atomic mass is 10.4. The van der Waals surface area contributed by atoms with E-state index < -0.39 is 6.09 Å². The Morgan fingerprint density at radius 3 is 2.90 bits per heavy atom. The van der Waals surface area contributed by atoms with Crippen LogP contribution in [0.3, 0.4) is 0 Å². The minimum absolute atomic E-state index is 0.662. The van der Waals surface area contributed by atoms with E-state index in [1.807, 2.05) is 0 Å². The Labute approximate surface area is 58.4 Å². The SMILES string of the molecule is CC1=CNC=CN1C(=O)O. The summed E-state index contributed by atoms with van der Waals surface area (Å²) in [6.07, 6.45) is 3.67. The summed E-state index contributed by atoms with van der Waals surface area (Å²) in [5.41, 5.74) is 0.662. The second-order valence-electron chi connectivity index (χ2n) is 1.92. The number of nitrogens with zero attached hydrogens (tertiary/aromatic N) is 1. The van der Waals surface area contributed by atoms with Gasteiger partial charge in [0, 0.05) is 24.3 Å². The highest BCUT2D eigenvalue weighted by Gasteiger charge is 2.11. The van der Waals surface area contributed by atoms with Gasteiger partial charge in [-0.3, -0.25) is 4.90 Å². The summed E-state index contributed by atoms with van der Waals surface area (Å²) >= 11 is 0. The van der Waals surface area contributed by atoms with Crippen LogP contribution in [0.1, 0.15) is 6.92 Å². The minimum atomic E-state index is -0.966. The number of carboxylic acid groups (broad SMARTS) is 1. The first-order valence-electron chi connectivity index (χ1n) is 2.83. The van der Waals surface area contributed by atoms with Gasteiger partial charge in [0.1, 0.15) is 0 Å². The Hall–Kier alpha value is -1.45. The van der Waals surface area contributed by atoms with E-state index in [0.29, 0.717) is 5.70 Å². The van der Waals surface area contributed by atoms with Crippen molar-refractivity contribution in [1.29, 1.82) is 0 Å². The molecular formula is C6H8N2O2. The van der Waals surface area contributed by atoms with Crippen LogP contribution in [0.15, 0.2) is 24.3 Å². The maximum atomic E-state index is 10.4. The molecule has 2 N–H and O–H groups in total. The largest absolute Gasteiger partial charge is 0.464 e. The third-order valence-corrected chi connectivity index (χ3v) is 1.20. The van der Waals surface area contributed by atoms with E-state index >= 15 is 0 Å². The molecule has 0 aromatic heterocycles. The van der Waals surface area contributed by atoms with E-state index in [4.69, 9.17) is 5.11 Å². The fourth-order valence-corrected chi connectivity index (χ4v) is 0.688. The topological polar surface area (TPSA) is 52.6 Å². The van der Waals surface area contributed by atoms with Crippen LogP contribution >= 0.6 is 0 Å². The fourth-order valence-electron chi connectivity index (χ4n) is 0.688. The van der Waals surface area contributed by atoms with Gasteiger partial charge in [-0.2, -0.15) is 0 Å². The van der Waals surface area contributed by atoms with Crippen LogP contribution in [0.5, 0.6) is 0 Å². The molecule has 0 bridgehead atoms. The molecule has 0 saturated heterocycles. The number of allylic oxidation sites excluding steroid dienone is 1. The Morgan fingerprint density at radius 1 is 1.80 bits per heavy atom. The molecule has 1 rings (SSSR count). The van der Waals surface area contributed by atoms with E-state index in [0.717, 1.165) is 4.90 Å². The average Bonchev–Trinajstić information content (AvgIpc) is 1.88. The Morgan fingerprint density at radius 2 is 2.50 bits per heavy atom. The molecule has 0 unspecified atom stereocenters. The number of carbonyl (C=O) groups is 1. The number of amides is 1. The van der Waals surface area contributed by atoms with Gasteiger partial charge < -0.3 is 10.4 Å². The van der Waals surface area contributed by atoms with Crippen LogP contribution in [-0.4, -0.2) is 16.1 Å². The summed E-state index contributed by atoms with van der Waals surface area (Å²) in [5.74, 6) is 0. The number of hydrogen-bond acceptors (Lipinski definition) is 2. The molecule has 4 nitrogen and oxygen atoms in total. The van der Waals surface area contributed by atoms with E-state index in [1.165, 1.54) is 6.20 Å². The lowest BCUT2D eigenvalue weighted by Crippen LogP contribution is -2.25. The van der Waals surface area contributed by atoms with Crippen molar-refractivity contribution >= 4 is 6.09 Å². The van der Waals surface area contributed by atoms with E-state index in [1.54, 1.807) is 19.3 Å². The zero-order valence-corrected chi connectivity index (χ0v) is 5.53. The molecule has 0 aromatic rings. The van der Waals surface area contributed by atoms with Crippen molar-refractivity contribution in [2.45, 2.75) is 6.92 Å². The first kappa shape index (κ1) is 6.67. The van der Waals surface area contributed by atoms with Gasteiger partial charge in [0.05, 0.1) is 0 Å².